The van der Waals surface area contributed by atoms with Gasteiger partial charge < -0.3 is 20.3 Å². The molecule has 2 bridgehead atoms. The first-order chi connectivity index (χ1) is 19.7. The Hall–Kier alpha value is -3.10. The second-order valence-electron chi connectivity index (χ2n) is 12.3. The van der Waals surface area contributed by atoms with Crippen molar-refractivity contribution < 1.29 is 19.1 Å². The van der Waals surface area contributed by atoms with E-state index in [1.54, 1.807) is 16.7 Å². The maximum Gasteiger partial charge on any atom is 0.246 e. The van der Waals surface area contributed by atoms with Crippen LogP contribution in [0, 0.1) is 30.6 Å². The lowest BCUT2D eigenvalue weighted by atomic mass is 9.73. The molecule has 0 unspecified atom stereocenters. The van der Waals surface area contributed by atoms with Crippen LogP contribution in [0.15, 0.2) is 65.6 Å². The Labute approximate surface area is 246 Å². The molecule has 1 spiro atoms. The molecule has 6 rings (SSSR count). The number of nitrogens with zero attached hydrogens (tertiary/aromatic N) is 1. The third-order valence-electron chi connectivity index (χ3n) is 9.77. The minimum atomic E-state index is -1.18. The number of carbonyl (C=O) groups is 3. The highest BCUT2D eigenvalue weighted by Gasteiger charge is 2.72. The van der Waals surface area contributed by atoms with Gasteiger partial charge in [0.25, 0.3) is 0 Å². The molecule has 3 fully saturated rings. The zero-order valence-electron chi connectivity index (χ0n) is 24.1. The molecular weight excluding hydrogens is 534 g/mol. The van der Waals surface area contributed by atoms with Gasteiger partial charge in [-0.1, -0.05) is 74.7 Å². The minimum Gasteiger partial charge on any atom is -0.359 e. The van der Waals surface area contributed by atoms with Gasteiger partial charge in [-0.25, -0.2) is 0 Å². The maximum absolute atomic E-state index is 14.3. The van der Waals surface area contributed by atoms with Crippen molar-refractivity contribution in [1.82, 2.24) is 10.2 Å². The van der Waals surface area contributed by atoms with Crippen molar-refractivity contribution in [2.75, 3.05) is 11.6 Å². The van der Waals surface area contributed by atoms with Crippen LogP contribution in [-0.2, 0) is 25.7 Å². The van der Waals surface area contributed by atoms with E-state index in [-0.39, 0.29) is 30.3 Å². The Morgan fingerprint density at radius 3 is 2.63 bits per heavy atom. The number of amides is 3. The number of hydrogen-bond acceptors (Lipinski definition) is 5. The van der Waals surface area contributed by atoms with Crippen molar-refractivity contribution in [1.29, 1.82) is 0 Å². The zero-order chi connectivity index (χ0) is 28.9. The van der Waals surface area contributed by atoms with Crippen LogP contribution in [0.3, 0.4) is 0 Å². The van der Waals surface area contributed by atoms with Gasteiger partial charge in [-0.3, -0.25) is 14.4 Å². The second kappa shape index (κ2) is 11.0. The highest BCUT2D eigenvalue weighted by Crippen LogP contribution is 2.55. The van der Waals surface area contributed by atoms with Crippen LogP contribution in [0.25, 0.3) is 0 Å². The SMILES string of the molecule is CSc1cccc(NC(=O)[C@@H]2[C@@H]3C=C[C@]4(O3)[C@@H]2C(=O)N(Cc2ccc(C)cc2)[C@H]4C(=O)N[C@@H]2CCC[C@H](C)[C@H]2C)c1. The van der Waals surface area contributed by atoms with Crippen molar-refractivity contribution in [3.63, 3.8) is 0 Å². The third-order valence-corrected chi connectivity index (χ3v) is 10.5. The Morgan fingerprint density at radius 1 is 1.10 bits per heavy atom. The van der Waals surface area contributed by atoms with Crippen LogP contribution in [0.2, 0.25) is 0 Å². The summed E-state index contributed by atoms with van der Waals surface area (Å²) in [6.45, 7) is 6.73. The molecule has 2 aromatic rings. The monoisotopic (exact) mass is 573 g/mol. The van der Waals surface area contributed by atoms with Crippen LogP contribution < -0.4 is 10.6 Å². The van der Waals surface area contributed by atoms with E-state index in [2.05, 4.69) is 24.5 Å². The molecule has 41 heavy (non-hydrogen) atoms. The first-order valence-corrected chi connectivity index (χ1v) is 15.9. The van der Waals surface area contributed by atoms with Gasteiger partial charge in [0.1, 0.15) is 11.6 Å². The lowest BCUT2D eigenvalue weighted by Crippen LogP contribution is -2.57. The van der Waals surface area contributed by atoms with Gasteiger partial charge in [0.05, 0.1) is 17.9 Å². The second-order valence-corrected chi connectivity index (χ2v) is 13.1. The maximum atomic E-state index is 14.3. The Kier molecular flexibility index (Phi) is 7.49. The fourth-order valence-electron chi connectivity index (χ4n) is 7.30. The topological polar surface area (TPSA) is 87.7 Å². The summed E-state index contributed by atoms with van der Waals surface area (Å²) in [5.41, 5.74) is 1.56. The number of likely N-dealkylation sites (tertiary alicyclic amines) is 1. The van der Waals surface area contributed by atoms with Gasteiger partial charge in [0, 0.05) is 23.2 Å². The van der Waals surface area contributed by atoms with Crippen molar-refractivity contribution in [2.24, 2.45) is 23.7 Å². The molecule has 1 aliphatic carbocycles. The fraction of sp³-hybridized carbons (Fsp3) is 0.485. The first-order valence-electron chi connectivity index (χ1n) is 14.7. The fourth-order valence-corrected chi connectivity index (χ4v) is 7.76. The van der Waals surface area contributed by atoms with Crippen molar-refractivity contribution in [3.05, 3.63) is 71.8 Å². The Balaban J connectivity index is 1.32. The molecular formula is C33H39N3O4S. The van der Waals surface area contributed by atoms with Gasteiger partial charge in [-0.2, -0.15) is 0 Å². The molecule has 4 aliphatic rings. The van der Waals surface area contributed by atoms with E-state index in [1.807, 2.05) is 73.9 Å². The summed E-state index contributed by atoms with van der Waals surface area (Å²) in [7, 11) is 0. The molecule has 0 aromatic heterocycles. The molecule has 3 aliphatic heterocycles. The predicted octanol–water partition coefficient (Wildman–Crippen LogP) is 4.95. The summed E-state index contributed by atoms with van der Waals surface area (Å²) >= 11 is 1.60. The van der Waals surface area contributed by atoms with E-state index in [0.29, 0.717) is 17.5 Å². The molecule has 0 radical (unpaired) electrons. The Bertz CT molecular complexity index is 1380. The summed E-state index contributed by atoms with van der Waals surface area (Å²) in [6, 6.07) is 14.8. The van der Waals surface area contributed by atoms with Gasteiger partial charge >= 0.3 is 0 Å². The normalized spacial score (nSPS) is 33.6. The molecule has 3 heterocycles. The van der Waals surface area contributed by atoms with E-state index in [4.69, 9.17) is 4.74 Å². The Morgan fingerprint density at radius 2 is 1.88 bits per heavy atom. The number of rotatable bonds is 7. The number of aryl methyl sites for hydroxylation is 1. The van der Waals surface area contributed by atoms with Gasteiger partial charge in [-0.05, 0) is 55.2 Å². The molecule has 1 saturated carbocycles. The first kappa shape index (κ1) is 28.0. The molecule has 2 saturated heterocycles. The molecule has 3 amide bonds. The number of fused-ring (bicyclic) bond motifs is 1. The lowest BCUT2D eigenvalue weighted by molar-refractivity contribution is -0.142. The van der Waals surface area contributed by atoms with Crippen molar-refractivity contribution in [3.8, 4) is 0 Å². The molecule has 2 N–H and O–H groups in total. The van der Waals surface area contributed by atoms with Crippen molar-refractivity contribution >= 4 is 35.2 Å². The largest absolute Gasteiger partial charge is 0.359 e. The summed E-state index contributed by atoms with van der Waals surface area (Å²) in [5.74, 6) is -1.30. The van der Waals surface area contributed by atoms with Crippen molar-refractivity contribution in [2.45, 2.75) is 75.3 Å². The zero-order valence-corrected chi connectivity index (χ0v) is 24.9. The van der Waals surface area contributed by atoms with Gasteiger partial charge in [-0.15, -0.1) is 11.8 Å². The van der Waals surface area contributed by atoms with Crippen LogP contribution in [0.5, 0.6) is 0 Å². The van der Waals surface area contributed by atoms with Crippen LogP contribution in [-0.4, -0.2) is 52.7 Å². The van der Waals surface area contributed by atoms with E-state index in [9.17, 15) is 14.4 Å². The van der Waals surface area contributed by atoms with E-state index in [0.717, 1.165) is 35.3 Å². The summed E-state index contributed by atoms with van der Waals surface area (Å²) < 4.78 is 6.53. The summed E-state index contributed by atoms with van der Waals surface area (Å²) in [6.07, 6.45) is 8.32. The number of benzene rings is 2. The molecule has 216 valence electrons. The van der Waals surface area contributed by atoms with E-state index < -0.39 is 29.6 Å². The highest BCUT2D eigenvalue weighted by atomic mass is 32.2. The van der Waals surface area contributed by atoms with E-state index >= 15 is 0 Å². The summed E-state index contributed by atoms with van der Waals surface area (Å²) in [5, 5.41) is 6.35. The lowest BCUT2D eigenvalue weighted by Gasteiger charge is -2.38. The summed E-state index contributed by atoms with van der Waals surface area (Å²) in [4.78, 5) is 44.9. The van der Waals surface area contributed by atoms with Crippen LogP contribution >= 0.6 is 11.8 Å². The van der Waals surface area contributed by atoms with Gasteiger partial charge in [0.2, 0.25) is 17.7 Å². The molecule has 8 atom stereocenters. The molecule has 2 aromatic carbocycles. The predicted molar refractivity (Wildman–Crippen MR) is 160 cm³/mol. The molecule has 7 nitrogen and oxygen atoms in total. The average molecular weight is 574 g/mol. The minimum absolute atomic E-state index is 0.0448. The standard InChI is InChI=1S/C33H39N3O4S/c1-19-11-13-22(14-12-19)18-36-29(31(38)35-25-10-5-7-20(2)21(25)3)33-16-15-26(40-33)27(28(33)32(36)39)30(37)34-23-8-6-9-24(17-23)41-4/h6,8-9,11-17,20-21,25-29H,5,7,10,18H2,1-4H3,(H,34,37)(H,35,38)/t20-,21+,25+,26-,27+,28-,29-,33-/m0/s1. The molecule has 8 heteroatoms. The van der Waals surface area contributed by atoms with E-state index in [1.165, 1.54) is 0 Å². The smallest absolute Gasteiger partial charge is 0.246 e. The number of anilines is 1. The number of thioether (sulfide) groups is 1. The van der Waals surface area contributed by atoms with Gasteiger partial charge in [0.15, 0.2) is 0 Å². The average Bonchev–Trinajstić information content (AvgIpc) is 3.60. The van der Waals surface area contributed by atoms with Crippen LogP contribution in [0.4, 0.5) is 5.69 Å². The number of carbonyl (C=O) groups excluding carboxylic acids is 3. The third kappa shape index (κ3) is 4.89. The number of hydrogen-bond donors (Lipinski definition) is 2. The quantitative estimate of drug-likeness (QED) is 0.362. The highest BCUT2D eigenvalue weighted by molar-refractivity contribution is 7.98. The van der Waals surface area contributed by atoms with Crippen LogP contribution in [0.1, 0.15) is 44.2 Å². The number of nitrogens with one attached hydrogen (secondary N) is 2. The number of ether oxygens (including phenoxy) is 1.